The van der Waals surface area contributed by atoms with Gasteiger partial charge in [-0.25, -0.2) is 4.79 Å². The molecule has 0 fully saturated rings. The summed E-state index contributed by atoms with van der Waals surface area (Å²) >= 11 is 0. The highest BCUT2D eigenvalue weighted by atomic mass is 16.5. The van der Waals surface area contributed by atoms with E-state index in [2.05, 4.69) is 0 Å². The minimum absolute atomic E-state index is 0.157. The number of likely N-dealkylation sites (N-methyl/N-ethyl adjacent to an activating group) is 1. The van der Waals surface area contributed by atoms with E-state index >= 15 is 0 Å². The topological polar surface area (TPSA) is 86.8 Å². The van der Waals surface area contributed by atoms with Crippen LogP contribution < -0.4 is 5.73 Å². The predicted octanol–water partition coefficient (Wildman–Crippen LogP) is -1.69. The number of amides is 2. The molecular formula is C4H10N2O3. The maximum absolute atomic E-state index is 10.2. The monoisotopic (exact) mass is 134 g/mol. The standard InChI is InChI=1S/C4H10N2O3/c1-6(4(5)9)2-3(7)8/h3,7-8H,2H2,1H3,(H2,5,9). The first-order valence-corrected chi connectivity index (χ1v) is 2.40. The van der Waals surface area contributed by atoms with E-state index in [1.165, 1.54) is 7.05 Å². The van der Waals surface area contributed by atoms with Crippen LogP contribution in [0.25, 0.3) is 0 Å². The largest absolute Gasteiger partial charge is 0.367 e. The molecule has 0 radical (unpaired) electrons. The van der Waals surface area contributed by atoms with Gasteiger partial charge in [0, 0.05) is 7.05 Å². The van der Waals surface area contributed by atoms with Gasteiger partial charge in [-0.05, 0) is 0 Å². The molecule has 0 aromatic carbocycles. The predicted molar refractivity (Wildman–Crippen MR) is 30.4 cm³/mol. The zero-order chi connectivity index (χ0) is 7.44. The normalized spacial score (nSPS) is 9.78. The van der Waals surface area contributed by atoms with Crippen LogP contribution in [0.5, 0.6) is 0 Å². The van der Waals surface area contributed by atoms with Gasteiger partial charge in [0.2, 0.25) is 0 Å². The number of carbonyl (C=O) groups is 1. The Bertz CT molecular complexity index is 104. The van der Waals surface area contributed by atoms with E-state index in [1.807, 2.05) is 0 Å². The van der Waals surface area contributed by atoms with Crippen molar-refractivity contribution >= 4 is 6.03 Å². The van der Waals surface area contributed by atoms with Crippen LogP contribution in [0.2, 0.25) is 0 Å². The number of aliphatic hydroxyl groups is 2. The molecule has 4 N–H and O–H groups in total. The molecule has 0 aromatic rings. The highest BCUT2D eigenvalue weighted by molar-refractivity contribution is 5.71. The number of nitrogens with two attached hydrogens (primary N) is 1. The molecule has 0 unspecified atom stereocenters. The molecule has 0 rings (SSSR count). The van der Waals surface area contributed by atoms with Gasteiger partial charge in [0.25, 0.3) is 0 Å². The van der Waals surface area contributed by atoms with Gasteiger partial charge < -0.3 is 20.8 Å². The summed E-state index contributed by atoms with van der Waals surface area (Å²) < 4.78 is 0. The van der Waals surface area contributed by atoms with Gasteiger partial charge in [-0.15, -0.1) is 0 Å². The van der Waals surface area contributed by atoms with Crippen molar-refractivity contribution in [2.24, 2.45) is 5.73 Å². The molecule has 0 saturated carbocycles. The first-order chi connectivity index (χ1) is 4.04. The number of hydrogen-bond donors (Lipinski definition) is 3. The molecule has 0 saturated heterocycles. The second-order valence-electron chi connectivity index (χ2n) is 1.70. The van der Waals surface area contributed by atoms with E-state index in [0.717, 1.165) is 4.90 Å². The number of urea groups is 1. The number of rotatable bonds is 2. The van der Waals surface area contributed by atoms with Crippen LogP contribution in [0.15, 0.2) is 0 Å². The molecule has 9 heavy (non-hydrogen) atoms. The molecule has 0 atom stereocenters. The lowest BCUT2D eigenvalue weighted by atomic mass is 10.6. The Morgan fingerprint density at radius 1 is 1.78 bits per heavy atom. The number of primary amides is 1. The summed E-state index contributed by atoms with van der Waals surface area (Å²) in [6.45, 7) is -0.157. The van der Waals surface area contributed by atoms with Crippen molar-refractivity contribution in [3.63, 3.8) is 0 Å². The van der Waals surface area contributed by atoms with Crippen molar-refractivity contribution in [3.05, 3.63) is 0 Å². The number of hydrogen-bond acceptors (Lipinski definition) is 3. The lowest BCUT2D eigenvalue weighted by molar-refractivity contribution is -0.0509. The second kappa shape index (κ2) is 3.26. The van der Waals surface area contributed by atoms with Crippen molar-refractivity contribution in [1.82, 2.24) is 4.90 Å². The average Bonchev–Trinajstić information content (AvgIpc) is 1.63. The molecule has 5 nitrogen and oxygen atoms in total. The van der Waals surface area contributed by atoms with Crippen LogP contribution in [0.4, 0.5) is 4.79 Å². The van der Waals surface area contributed by atoms with Crippen LogP contribution >= 0.6 is 0 Å². The first-order valence-electron chi connectivity index (χ1n) is 2.40. The van der Waals surface area contributed by atoms with Crippen molar-refractivity contribution in [3.8, 4) is 0 Å². The lowest BCUT2D eigenvalue weighted by Gasteiger charge is -2.14. The van der Waals surface area contributed by atoms with Crippen LogP contribution in [-0.4, -0.2) is 41.0 Å². The Labute approximate surface area is 52.7 Å². The summed E-state index contributed by atoms with van der Waals surface area (Å²) in [4.78, 5) is 11.2. The fourth-order valence-electron chi connectivity index (χ4n) is 0.335. The van der Waals surface area contributed by atoms with E-state index in [-0.39, 0.29) is 6.54 Å². The number of carbonyl (C=O) groups excluding carboxylic acids is 1. The lowest BCUT2D eigenvalue weighted by Crippen LogP contribution is -2.37. The summed E-state index contributed by atoms with van der Waals surface area (Å²) in [6, 6.07) is -0.678. The third-order valence-electron chi connectivity index (χ3n) is 0.813. The first kappa shape index (κ1) is 8.19. The van der Waals surface area contributed by atoms with Gasteiger partial charge in [-0.2, -0.15) is 0 Å². The third-order valence-corrected chi connectivity index (χ3v) is 0.813. The number of nitrogens with zero attached hydrogens (tertiary/aromatic N) is 1. The Morgan fingerprint density at radius 2 is 2.22 bits per heavy atom. The highest BCUT2D eigenvalue weighted by Crippen LogP contribution is 1.82. The maximum Gasteiger partial charge on any atom is 0.314 e. The molecular weight excluding hydrogens is 124 g/mol. The van der Waals surface area contributed by atoms with E-state index in [9.17, 15) is 4.79 Å². The maximum atomic E-state index is 10.2. The molecule has 0 bridgehead atoms. The van der Waals surface area contributed by atoms with Crippen LogP contribution in [0.1, 0.15) is 0 Å². The molecule has 54 valence electrons. The van der Waals surface area contributed by atoms with Crippen LogP contribution in [0.3, 0.4) is 0 Å². The van der Waals surface area contributed by atoms with Crippen LogP contribution in [-0.2, 0) is 0 Å². The van der Waals surface area contributed by atoms with Gasteiger partial charge in [-0.1, -0.05) is 0 Å². The summed E-state index contributed by atoms with van der Waals surface area (Å²) in [5, 5.41) is 16.6. The minimum atomic E-state index is -1.51. The molecule has 0 aliphatic rings. The van der Waals surface area contributed by atoms with Gasteiger partial charge in [0.05, 0.1) is 6.54 Å². The summed E-state index contributed by atoms with van der Waals surface area (Å²) in [7, 11) is 1.38. The van der Waals surface area contributed by atoms with Crippen molar-refractivity contribution in [2.45, 2.75) is 6.29 Å². The fourth-order valence-corrected chi connectivity index (χ4v) is 0.335. The minimum Gasteiger partial charge on any atom is -0.367 e. The van der Waals surface area contributed by atoms with E-state index in [4.69, 9.17) is 15.9 Å². The quantitative estimate of drug-likeness (QED) is 0.394. The van der Waals surface area contributed by atoms with E-state index < -0.39 is 12.3 Å². The molecule has 0 heterocycles. The third kappa shape index (κ3) is 3.75. The zero-order valence-corrected chi connectivity index (χ0v) is 5.11. The molecule has 0 spiro atoms. The van der Waals surface area contributed by atoms with Gasteiger partial charge >= 0.3 is 6.03 Å². The average molecular weight is 134 g/mol. The smallest absolute Gasteiger partial charge is 0.314 e. The Hall–Kier alpha value is -0.810. The molecule has 0 aliphatic heterocycles. The Morgan fingerprint density at radius 3 is 2.33 bits per heavy atom. The molecule has 0 aromatic heterocycles. The highest BCUT2D eigenvalue weighted by Gasteiger charge is 2.05. The molecule has 2 amide bonds. The van der Waals surface area contributed by atoms with Crippen molar-refractivity contribution < 1.29 is 15.0 Å². The molecule has 0 aliphatic carbocycles. The van der Waals surface area contributed by atoms with Crippen LogP contribution in [0, 0.1) is 0 Å². The van der Waals surface area contributed by atoms with Gasteiger partial charge in [0.1, 0.15) is 0 Å². The van der Waals surface area contributed by atoms with Crippen molar-refractivity contribution in [2.75, 3.05) is 13.6 Å². The van der Waals surface area contributed by atoms with E-state index in [1.54, 1.807) is 0 Å². The summed E-state index contributed by atoms with van der Waals surface area (Å²) in [6.07, 6.45) is -1.51. The fraction of sp³-hybridized carbons (Fsp3) is 0.750. The SMILES string of the molecule is CN(CC(O)O)C(N)=O. The van der Waals surface area contributed by atoms with E-state index in [0.29, 0.717) is 0 Å². The van der Waals surface area contributed by atoms with Gasteiger partial charge in [-0.3, -0.25) is 0 Å². The Balaban J connectivity index is 3.50. The molecule has 5 heteroatoms. The zero-order valence-electron chi connectivity index (χ0n) is 5.11. The van der Waals surface area contributed by atoms with Gasteiger partial charge in [0.15, 0.2) is 6.29 Å². The number of aliphatic hydroxyl groups excluding tert-OH is 1. The second-order valence-corrected chi connectivity index (χ2v) is 1.70. The summed E-state index contributed by atoms with van der Waals surface area (Å²) in [5.41, 5.74) is 4.75. The van der Waals surface area contributed by atoms with Crippen molar-refractivity contribution in [1.29, 1.82) is 0 Å². The summed E-state index contributed by atoms with van der Waals surface area (Å²) in [5.74, 6) is 0. The Kier molecular flexibility index (Phi) is 2.97.